The van der Waals surface area contributed by atoms with E-state index in [1.54, 1.807) is 20.1 Å². The first kappa shape index (κ1) is 12.5. The first-order valence-corrected chi connectivity index (χ1v) is 5.57. The third-order valence-electron chi connectivity index (χ3n) is 2.32. The lowest BCUT2D eigenvalue weighted by Gasteiger charge is -2.13. The third kappa shape index (κ3) is 2.69. The predicted molar refractivity (Wildman–Crippen MR) is 63.0 cm³/mol. The Bertz CT molecular complexity index is 355. The van der Waals surface area contributed by atoms with E-state index in [9.17, 15) is 4.39 Å². The van der Waals surface area contributed by atoms with Gasteiger partial charge in [-0.2, -0.15) is 0 Å². The summed E-state index contributed by atoms with van der Waals surface area (Å²) >= 11 is 3.20. The van der Waals surface area contributed by atoms with Gasteiger partial charge < -0.3 is 10.1 Å². The lowest BCUT2D eigenvalue weighted by atomic mass is 10.1. The lowest BCUT2D eigenvalue weighted by Crippen LogP contribution is -2.11. The van der Waals surface area contributed by atoms with E-state index in [1.165, 1.54) is 0 Å². The number of rotatable bonds is 4. The summed E-state index contributed by atoms with van der Waals surface area (Å²) < 4.78 is 19.3. The molecule has 1 aromatic carbocycles. The number of halogens is 2. The van der Waals surface area contributed by atoms with Gasteiger partial charge in [-0.3, -0.25) is 0 Å². The maximum Gasteiger partial charge on any atom is 0.143 e. The second-order valence-electron chi connectivity index (χ2n) is 3.34. The van der Waals surface area contributed by atoms with Gasteiger partial charge >= 0.3 is 0 Å². The van der Waals surface area contributed by atoms with Gasteiger partial charge in [0.05, 0.1) is 11.6 Å². The van der Waals surface area contributed by atoms with Crippen molar-refractivity contribution in [2.24, 2.45) is 0 Å². The number of methoxy groups -OCH3 is 1. The number of benzene rings is 1. The largest absolute Gasteiger partial charge is 0.496 e. The van der Waals surface area contributed by atoms with Gasteiger partial charge in [-0.25, -0.2) is 4.39 Å². The molecule has 0 unspecified atom stereocenters. The SMILES string of the molecule is CNCCc1cc(Br)c(F)c(C)c1OC. The molecular weight excluding hydrogens is 261 g/mol. The van der Waals surface area contributed by atoms with Crippen LogP contribution in [0.25, 0.3) is 0 Å². The zero-order valence-electron chi connectivity index (χ0n) is 9.16. The van der Waals surface area contributed by atoms with E-state index in [0.29, 0.717) is 15.8 Å². The minimum Gasteiger partial charge on any atom is -0.496 e. The average Bonchev–Trinajstić information content (AvgIpc) is 2.23. The normalized spacial score (nSPS) is 10.5. The Morgan fingerprint density at radius 3 is 2.73 bits per heavy atom. The fourth-order valence-corrected chi connectivity index (χ4v) is 2.10. The fraction of sp³-hybridized carbons (Fsp3) is 0.455. The highest BCUT2D eigenvalue weighted by Crippen LogP contribution is 2.31. The van der Waals surface area contributed by atoms with Gasteiger partial charge in [0, 0.05) is 5.56 Å². The summed E-state index contributed by atoms with van der Waals surface area (Å²) in [5, 5.41) is 3.06. The molecule has 0 atom stereocenters. The Hall–Kier alpha value is -0.610. The summed E-state index contributed by atoms with van der Waals surface area (Å²) in [6, 6.07) is 1.78. The smallest absolute Gasteiger partial charge is 0.143 e. The molecule has 0 radical (unpaired) electrons. The summed E-state index contributed by atoms with van der Waals surface area (Å²) in [6.45, 7) is 2.57. The molecule has 0 aliphatic heterocycles. The van der Waals surface area contributed by atoms with Crippen molar-refractivity contribution in [3.63, 3.8) is 0 Å². The molecule has 0 aliphatic carbocycles. The van der Waals surface area contributed by atoms with Crippen molar-refractivity contribution in [3.05, 3.63) is 27.5 Å². The first-order chi connectivity index (χ1) is 7.11. The van der Waals surface area contributed by atoms with Crippen LogP contribution in [0.3, 0.4) is 0 Å². The van der Waals surface area contributed by atoms with E-state index in [-0.39, 0.29) is 5.82 Å². The van der Waals surface area contributed by atoms with Crippen molar-refractivity contribution in [1.29, 1.82) is 0 Å². The Morgan fingerprint density at radius 2 is 2.20 bits per heavy atom. The maximum absolute atomic E-state index is 13.5. The van der Waals surface area contributed by atoms with Gasteiger partial charge in [0.1, 0.15) is 11.6 Å². The van der Waals surface area contributed by atoms with E-state index in [2.05, 4.69) is 21.2 Å². The summed E-state index contributed by atoms with van der Waals surface area (Å²) in [6.07, 6.45) is 0.819. The highest BCUT2D eigenvalue weighted by molar-refractivity contribution is 9.10. The molecule has 0 aliphatic rings. The molecule has 0 spiro atoms. The van der Waals surface area contributed by atoms with Crippen LogP contribution in [0.2, 0.25) is 0 Å². The molecule has 1 aromatic rings. The van der Waals surface area contributed by atoms with E-state index < -0.39 is 0 Å². The minimum atomic E-state index is -0.250. The summed E-state index contributed by atoms with van der Waals surface area (Å²) in [5.41, 5.74) is 1.57. The van der Waals surface area contributed by atoms with E-state index in [1.807, 2.05) is 7.05 Å². The summed E-state index contributed by atoms with van der Waals surface area (Å²) in [4.78, 5) is 0. The zero-order valence-corrected chi connectivity index (χ0v) is 10.7. The highest BCUT2D eigenvalue weighted by Gasteiger charge is 2.13. The van der Waals surface area contributed by atoms with Crippen molar-refractivity contribution in [1.82, 2.24) is 5.32 Å². The Kier molecular flexibility index (Phi) is 4.54. The van der Waals surface area contributed by atoms with Crippen LogP contribution in [0, 0.1) is 12.7 Å². The molecule has 2 nitrogen and oxygen atoms in total. The lowest BCUT2D eigenvalue weighted by molar-refractivity contribution is 0.401. The minimum absolute atomic E-state index is 0.250. The molecule has 0 saturated carbocycles. The standard InChI is InChI=1S/C11H15BrFNO/c1-7-10(13)9(12)6-8(4-5-14-2)11(7)15-3/h6,14H,4-5H2,1-3H3. The van der Waals surface area contributed by atoms with Gasteiger partial charge in [0.25, 0.3) is 0 Å². The van der Waals surface area contributed by atoms with E-state index in [0.717, 1.165) is 18.5 Å². The van der Waals surface area contributed by atoms with Crippen LogP contribution < -0.4 is 10.1 Å². The molecule has 1 N–H and O–H groups in total. The third-order valence-corrected chi connectivity index (χ3v) is 2.90. The van der Waals surface area contributed by atoms with Gasteiger partial charge in [-0.05, 0) is 54.5 Å². The molecule has 0 saturated heterocycles. The van der Waals surface area contributed by atoms with Crippen molar-refractivity contribution < 1.29 is 9.13 Å². The van der Waals surface area contributed by atoms with Gasteiger partial charge in [0.2, 0.25) is 0 Å². The van der Waals surface area contributed by atoms with Crippen molar-refractivity contribution in [2.75, 3.05) is 20.7 Å². The quantitative estimate of drug-likeness (QED) is 0.912. The fourth-order valence-electron chi connectivity index (χ4n) is 1.53. The van der Waals surface area contributed by atoms with Crippen molar-refractivity contribution >= 4 is 15.9 Å². The molecule has 0 aromatic heterocycles. The van der Waals surface area contributed by atoms with Crippen molar-refractivity contribution in [3.8, 4) is 5.75 Å². The van der Waals surface area contributed by atoms with E-state index in [4.69, 9.17) is 4.74 Å². The number of hydrogen-bond donors (Lipinski definition) is 1. The predicted octanol–water partition coefficient (Wildman–Crippen LogP) is 2.67. The topological polar surface area (TPSA) is 21.3 Å². The monoisotopic (exact) mass is 275 g/mol. The molecule has 0 fully saturated rings. The van der Waals surface area contributed by atoms with Gasteiger partial charge in [-0.1, -0.05) is 0 Å². The van der Waals surface area contributed by atoms with Crippen molar-refractivity contribution in [2.45, 2.75) is 13.3 Å². The molecular formula is C11H15BrFNO. The Labute approximate surface area is 98.0 Å². The molecule has 15 heavy (non-hydrogen) atoms. The van der Waals surface area contributed by atoms with Crippen LogP contribution in [-0.2, 0) is 6.42 Å². The summed E-state index contributed by atoms with van der Waals surface area (Å²) in [7, 11) is 3.45. The molecule has 0 amide bonds. The molecule has 1 rings (SSSR count). The van der Waals surface area contributed by atoms with E-state index >= 15 is 0 Å². The number of ether oxygens (including phenoxy) is 1. The van der Waals surface area contributed by atoms with Crippen LogP contribution in [0.15, 0.2) is 10.5 Å². The second kappa shape index (κ2) is 5.47. The maximum atomic E-state index is 13.5. The number of hydrogen-bond acceptors (Lipinski definition) is 2. The van der Waals surface area contributed by atoms with Crippen LogP contribution in [0.4, 0.5) is 4.39 Å². The van der Waals surface area contributed by atoms with Crippen LogP contribution >= 0.6 is 15.9 Å². The Morgan fingerprint density at radius 1 is 1.53 bits per heavy atom. The number of likely N-dealkylation sites (N-methyl/N-ethyl adjacent to an activating group) is 1. The van der Waals surface area contributed by atoms with Gasteiger partial charge in [-0.15, -0.1) is 0 Å². The first-order valence-electron chi connectivity index (χ1n) is 4.77. The van der Waals surface area contributed by atoms with Crippen LogP contribution in [-0.4, -0.2) is 20.7 Å². The molecule has 0 heterocycles. The molecule has 0 bridgehead atoms. The molecule has 84 valence electrons. The number of nitrogens with one attached hydrogen (secondary N) is 1. The Balaban J connectivity index is 3.13. The molecule has 4 heteroatoms. The second-order valence-corrected chi connectivity index (χ2v) is 4.20. The zero-order chi connectivity index (χ0) is 11.4. The highest BCUT2D eigenvalue weighted by atomic mass is 79.9. The summed E-state index contributed by atoms with van der Waals surface area (Å²) in [5.74, 6) is 0.394. The van der Waals surface area contributed by atoms with Crippen LogP contribution in [0.1, 0.15) is 11.1 Å². The average molecular weight is 276 g/mol. The van der Waals surface area contributed by atoms with Crippen LogP contribution in [0.5, 0.6) is 5.75 Å². The van der Waals surface area contributed by atoms with Gasteiger partial charge in [0.15, 0.2) is 0 Å².